The van der Waals surface area contributed by atoms with Gasteiger partial charge in [-0.25, -0.2) is 0 Å². The quantitative estimate of drug-likeness (QED) is 0.629. The van der Waals surface area contributed by atoms with E-state index in [0.717, 1.165) is 19.6 Å². The third kappa shape index (κ3) is 1.63. The molecule has 0 aromatic heterocycles. The molecule has 2 aliphatic heterocycles. The molecule has 12 heavy (non-hydrogen) atoms. The van der Waals surface area contributed by atoms with Crippen LogP contribution < -0.4 is 0 Å². The first-order valence-corrected chi connectivity index (χ1v) is 4.95. The number of hydroxylamine groups is 2. The molecule has 2 aliphatic rings. The Bertz CT molecular complexity index is 137. The zero-order valence-corrected chi connectivity index (χ0v) is 7.66. The van der Waals surface area contributed by atoms with Crippen molar-refractivity contribution in [3.8, 4) is 0 Å². The number of hydrogen-bond donors (Lipinski definition) is 0. The lowest BCUT2D eigenvalue weighted by Crippen LogP contribution is -2.32. The predicted molar refractivity (Wildman–Crippen MR) is 45.5 cm³/mol. The molecule has 2 rings (SSSR count). The second-order valence-corrected chi connectivity index (χ2v) is 3.52. The molecule has 0 spiro atoms. The Labute approximate surface area is 73.6 Å². The van der Waals surface area contributed by atoms with E-state index in [9.17, 15) is 0 Å². The Kier molecular flexibility index (Phi) is 2.63. The van der Waals surface area contributed by atoms with Gasteiger partial charge in [0.1, 0.15) is 0 Å². The van der Waals surface area contributed by atoms with E-state index in [-0.39, 0.29) is 6.29 Å². The van der Waals surface area contributed by atoms with E-state index in [0.29, 0.717) is 6.04 Å². The molecule has 0 bridgehead atoms. The Morgan fingerprint density at radius 1 is 1.50 bits per heavy atom. The van der Waals surface area contributed by atoms with Crippen molar-refractivity contribution in [3.05, 3.63) is 0 Å². The largest absolute Gasteiger partial charge is 0.351 e. The minimum absolute atomic E-state index is 0.0399. The average Bonchev–Trinajstić information content (AvgIpc) is 2.47. The van der Waals surface area contributed by atoms with Crippen molar-refractivity contribution in [2.75, 3.05) is 13.2 Å². The Balaban J connectivity index is 1.85. The first-order valence-electron chi connectivity index (χ1n) is 4.95. The molecule has 3 heteroatoms. The van der Waals surface area contributed by atoms with Gasteiger partial charge in [-0.05, 0) is 19.8 Å². The highest BCUT2D eigenvalue weighted by Gasteiger charge is 2.35. The van der Waals surface area contributed by atoms with Crippen LogP contribution in [0.25, 0.3) is 0 Å². The molecule has 0 aromatic carbocycles. The third-order valence-corrected chi connectivity index (χ3v) is 2.64. The summed E-state index contributed by atoms with van der Waals surface area (Å²) < 4.78 is 5.43. The lowest BCUT2D eigenvalue weighted by atomic mass is 10.0. The van der Waals surface area contributed by atoms with Crippen LogP contribution in [0.4, 0.5) is 0 Å². The van der Waals surface area contributed by atoms with Gasteiger partial charge in [-0.1, -0.05) is 6.42 Å². The van der Waals surface area contributed by atoms with E-state index < -0.39 is 0 Å². The van der Waals surface area contributed by atoms with Gasteiger partial charge in [-0.3, -0.25) is 4.84 Å². The highest BCUT2D eigenvalue weighted by molar-refractivity contribution is 4.77. The maximum atomic E-state index is 5.62. The number of nitrogens with zero attached hydrogens (tertiary/aromatic N) is 1. The van der Waals surface area contributed by atoms with Crippen molar-refractivity contribution < 1.29 is 9.57 Å². The van der Waals surface area contributed by atoms with Gasteiger partial charge < -0.3 is 4.74 Å². The maximum absolute atomic E-state index is 5.62. The third-order valence-electron chi connectivity index (χ3n) is 2.64. The van der Waals surface area contributed by atoms with Crippen molar-refractivity contribution in [1.29, 1.82) is 0 Å². The Hall–Kier alpha value is -0.120. The fourth-order valence-electron chi connectivity index (χ4n) is 2.05. The molecule has 2 heterocycles. The van der Waals surface area contributed by atoms with Crippen LogP contribution in [0, 0.1) is 0 Å². The van der Waals surface area contributed by atoms with Crippen LogP contribution in [0.1, 0.15) is 32.6 Å². The number of ether oxygens (including phenoxy) is 1. The lowest BCUT2D eigenvalue weighted by molar-refractivity contribution is -0.242. The van der Waals surface area contributed by atoms with E-state index in [1.54, 1.807) is 0 Å². The van der Waals surface area contributed by atoms with E-state index in [1.165, 1.54) is 19.3 Å². The fraction of sp³-hybridized carbons (Fsp3) is 1.00. The molecule has 70 valence electrons. The van der Waals surface area contributed by atoms with E-state index in [1.807, 2.05) is 6.92 Å². The zero-order valence-electron chi connectivity index (χ0n) is 7.66. The van der Waals surface area contributed by atoms with Gasteiger partial charge in [0.25, 0.3) is 0 Å². The van der Waals surface area contributed by atoms with E-state index in [2.05, 4.69) is 5.06 Å². The molecule has 0 radical (unpaired) electrons. The SMILES string of the molecule is CCOC1CC2CCCCN2O1. The first kappa shape index (κ1) is 8.48. The average molecular weight is 171 g/mol. The second kappa shape index (κ2) is 3.73. The summed E-state index contributed by atoms with van der Waals surface area (Å²) in [6.45, 7) is 3.86. The van der Waals surface area contributed by atoms with Gasteiger partial charge >= 0.3 is 0 Å². The summed E-state index contributed by atoms with van der Waals surface area (Å²) in [5, 5.41) is 2.11. The van der Waals surface area contributed by atoms with Crippen LogP contribution in [0.15, 0.2) is 0 Å². The lowest BCUT2D eigenvalue weighted by Gasteiger charge is -2.26. The molecule has 0 amide bonds. The predicted octanol–water partition coefficient (Wildman–Crippen LogP) is 1.54. The van der Waals surface area contributed by atoms with Crippen molar-refractivity contribution in [3.63, 3.8) is 0 Å². The molecule has 2 fully saturated rings. The maximum Gasteiger partial charge on any atom is 0.179 e. The standard InChI is InChI=1S/C9H17NO2/c1-2-11-9-7-8-5-3-4-6-10(8)12-9/h8-9H,2-7H2,1H3. The first-order chi connectivity index (χ1) is 5.90. The Morgan fingerprint density at radius 2 is 2.42 bits per heavy atom. The van der Waals surface area contributed by atoms with Crippen LogP contribution in [-0.4, -0.2) is 30.5 Å². The summed E-state index contributed by atoms with van der Waals surface area (Å²) in [7, 11) is 0. The van der Waals surface area contributed by atoms with E-state index >= 15 is 0 Å². The molecule has 0 saturated carbocycles. The molecular weight excluding hydrogens is 154 g/mol. The van der Waals surface area contributed by atoms with Gasteiger partial charge in [0.2, 0.25) is 0 Å². The molecular formula is C9H17NO2. The fourth-order valence-corrected chi connectivity index (χ4v) is 2.05. The van der Waals surface area contributed by atoms with Gasteiger partial charge in [-0.2, -0.15) is 5.06 Å². The normalized spacial score (nSPS) is 36.8. The molecule has 0 N–H and O–H groups in total. The number of rotatable bonds is 2. The smallest absolute Gasteiger partial charge is 0.179 e. The van der Waals surface area contributed by atoms with Gasteiger partial charge in [0, 0.05) is 25.6 Å². The summed E-state index contributed by atoms with van der Waals surface area (Å²) in [4.78, 5) is 5.62. The molecule has 0 aliphatic carbocycles. The Morgan fingerprint density at radius 3 is 3.17 bits per heavy atom. The topological polar surface area (TPSA) is 21.7 Å². The molecule has 3 nitrogen and oxygen atoms in total. The number of piperidine rings is 1. The zero-order chi connectivity index (χ0) is 8.39. The second-order valence-electron chi connectivity index (χ2n) is 3.52. The molecule has 2 saturated heterocycles. The molecule has 2 atom stereocenters. The minimum atomic E-state index is 0.0399. The van der Waals surface area contributed by atoms with Gasteiger partial charge in [-0.15, -0.1) is 0 Å². The minimum Gasteiger partial charge on any atom is -0.351 e. The summed E-state index contributed by atoms with van der Waals surface area (Å²) in [6.07, 6.45) is 5.01. The van der Waals surface area contributed by atoms with Crippen molar-refractivity contribution in [2.45, 2.75) is 44.9 Å². The summed E-state index contributed by atoms with van der Waals surface area (Å²) in [5.74, 6) is 0. The summed E-state index contributed by atoms with van der Waals surface area (Å²) in [6, 6.07) is 0.635. The van der Waals surface area contributed by atoms with Gasteiger partial charge in [0.15, 0.2) is 6.29 Å². The van der Waals surface area contributed by atoms with Crippen molar-refractivity contribution in [2.24, 2.45) is 0 Å². The summed E-state index contributed by atoms with van der Waals surface area (Å²) in [5.41, 5.74) is 0. The van der Waals surface area contributed by atoms with Crippen molar-refractivity contribution in [1.82, 2.24) is 5.06 Å². The van der Waals surface area contributed by atoms with Crippen LogP contribution in [0.2, 0.25) is 0 Å². The van der Waals surface area contributed by atoms with Crippen molar-refractivity contribution >= 4 is 0 Å². The highest BCUT2D eigenvalue weighted by Crippen LogP contribution is 2.29. The monoisotopic (exact) mass is 171 g/mol. The summed E-state index contributed by atoms with van der Waals surface area (Å²) >= 11 is 0. The van der Waals surface area contributed by atoms with Crippen LogP contribution in [0.3, 0.4) is 0 Å². The molecule has 0 aromatic rings. The van der Waals surface area contributed by atoms with E-state index in [4.69, 9.17) is 9.57 Å². The number of fused-ring (bicyclic) bond motifs is 1. The number of hydrogen-bond acceptors (Lipinski definition) is 3. The van der Waals surface area contributed by atoms with Crippen LogP contribution in [0.5, 0.6) is 0 Å². The highest BCUT2D eigenvalue weighted by atomic mass is 16.8. The van der Waals surface area contributed by atoms with Gasteiger partial charge in [0.05, 0.1) is 0 Å². The van der Waals surface area contributed by atoms with Crippen LogP contribution >= 0.6 is 0 Å². The van der Waals surface area contributed by atoms with Crippen LogP contribution in [-0.2, 0) is 9.57 Å². The molecule has 2 unspecified atom stereocenters.